The zero-order valence-electron chi connectivity index (χ0n) is 25.5. The third kappa shape index (κ3) is 9.47. The number of fused-ring (bicyclic) bond motifs is 2. The molecule has 2 nitrogen and oxygen atoms in total. The first-order valence-corrected chi connectivity index (χ1v) is 15.7. The van der Waals surface area contributed by atoms with E-state index >= 15 is 0 Å². The molecule has 0 N–H and O–H groups in total. The maximum absolute atomic E-state index is 2.89. The number of allylic oxidation sites excluding steroid dienone is 3. The van der Waals surface area contributed by atoms with E-state index in [-0.39, 0.29) is 0 Å². The average molecular weight is 527 g/mol. The lowest BCUT2D eigenvalue weighted by Gasteiger charge is -2.51. The minimum Gasteiger partial charge on any atom is -0.294 e. The molecule has 0 aromatic heterocycles. The molecule has 0 heterocycles. The van der Waals surface area contributed by atoms with E-state index < -0.39 is 0 Å². The van der Waals surface area contributed by atoms with E-state index in [1.807, 2.05) is 0 Å². The largest absolute Gasteiger partial charge is 0.294 e. The fourth-order valence-electron chi connectivity index (χ4n) is 7.54. The molecule has 2 bridgehead atoms. The molecule has 39 heavy (non-hydrogen) atoms. The lowest BCUT2D eigenvalue weighted by Crippen LogP contribution is -2.52. The van der Waals surface area contributed by atoms with Crippen molar-refractivity contribution in [1.29, 1.82) is 0 Å². The van der Waals surface area contributed by atoms with Gasteiger partial charge in [-0.05, 0) is 94.1 Å². The van der Waals surface area contributed by atoms with Gasteiger partial charge in [-0.2, -0.15) is 0 Å². The molecular weight excluding hydrogens is 472 g/mol. The predicted molar refractivity (Wildman–Crippen MR) is 169 cm³/mol. The Bertz CT molecular complexity index is 1030. The van der Waals surface area contributed by atoms with Crippen LogP contribution in [0.3, 0.4) is 0 Å². The Morgan fingerprint density at radius 2 is 1.44 bits per heavy atom. The lowest BCUT2D eigenvalue weighted by molar-refractivity contribution is -0.00906. The fourth-order valence-corrected chi connectivity index (χ4v) is 7.54. The summed E-state index contributed by atoms with van der Waals surface area (Å²) in [5.41, 5.74) is 5.80. The molecule has 2 aliphatic carbocycles. The highest BCUT2D eigenvalue weighted by Crippen LogP contribution is 2.46. The molecule has 0 radical (unpaired) electrons. The molecule has 212 valence electrons. The molecule has 5 unspecified atom stereocenters. The summed E-state index contributed by atoms with van der Waals surface area (Å²) in [6.07, 6.45) is 12.9. The van der Waals surface area contributed by atoms with Crippen molar-refractivity contribution in [2.24, 2.45) is 23.7 Å². The average Bonchev–Trinajstić information content (AvgIpc) is 2.90. The van der Waals surface area contributed by atoms with Crippen LogP contribution < -0.4 is 0 Å². The molecule has 0 spiro atoms. The van der Waals surface area contributed by atoms with Crippen LogP contribution in [-0.2, 0) is 13.1 Å². The van der Waals surface area contributed by atoms with Crippen molar-refractivity contribution in [2.75, 3.05) is 19.6 Å². The van der Waals surface area contributed by atoms with Gasteiger partial charge in [-0.1, -0.05) is 97.8 Å². The van der Waals surface area contributed by atoms with Crippen molar-refractivity contribution < 1.29 is 0 Å². The molecule has 0 aliphatic heterocycles. The molecule has 2 aromatic carbocycles. The standard InChI is InChI=1S/C37H54N2/c1-29(2)13-12-14-30(3)19-20-38(27-33-15-8-6-9-16-33)21-22-39(28-34-17-10-7-11-18-34)37-32(5)25-35-23-31(4)24-36(37)26-35/h6-11,13,15-19,31-32,35-37H,12,14,20-28H2,1-5H3/b30-19+. The Balaban J connectivity index is 1.49. The normalized spacial score (nSPS) is 25.2. The minimum atomic E-state index is 0.698. The van der Waals surface area contributed by atoms with E-state index in [0.29, 0.717) is 6.04 Å². The zero-order valence-corrected chi connectivity index (χ0v) is 25.5. The van der Waals surface area contributed by atoms with Crippen LogP contribution in [0.5, 0.6) is 0 Å². The topological polar surface area (TPSA) is 6.48 Å². The zero-order chi connectivity index (χ0) is 27.6. The van der Waals surface area contributed by atoms with Crippen LogP contribution in [0.15, 0.2) is 84.0 Å². The lowest BCUT2D eigenvalue weighted by atomic mass is 9.62. The Kier molecular flexibility index (Phi) is 11.5. The van der Waals surface area contributed by atoms with Crippen molar-refractivity contribution in [1.82, 2.24) is 9.80 Å². The first-order chi connectivity index (χ1) is 18.9. The Labute approximate surface area is 240 Å². The van der Waals surface area contributed by atoms with E-state index in [1.54, 1.807) is 0 Å². The Morgan fingerprint density at radius 1 is 0.769 bits per heavy atom. The summed E-state index contributed by atoms with van der Waals surface area (Å²) in [4.78, 5) is 5.57. The number of rotatable bonds is 13. The molecule has 4 rings (SSSR count). The molecule has 2 aromatic rings. The van der Waals surface area contributed by atoms with E-state index in [2.05, 4.69) is 117 Å². The van der Waals surface area contributed by atoms with Gasteiger partial charge in [-0.15, -0.1) is 0 Å². The van der Waals surface area contributed by atoms with Crippen LogP contribution in [0.25, 0.3) is 0 Å². The number of hydrogen-bond donors (Lipinski definition) is 0. The second-order valence-electron chi connectivity index (χ2n) is 13.2. The minimum absolute atomic E-state index is 0.698. The van der Waals surface area contributed by atoms with Crippen molar-refractivity contribution in [3.05, 3.63) is 95.1 Å². The van der Waals surface area contributed by atoms with Crippen molar-refractivity contribution >= 4 is 0 Å². The summed E-state index contributed by atoms with van der Waals surface area (Å²) in [6, 6.07) is 23.0. The Hall–Kier alpha value is -2.16. The SMILES string of the molecule is CC(C)=CCC/C(C)=C/CN(CCN(Cc1ccccc1)C1C(C)CC2CC(C)CC1C2)Cc1ccccc1. The van der Waals surface area contributed by atoms with Gasteiger partial charge >= 0.3 is 0 Å². The van der Waals surface area contributed by atoms with Crippen LogP contribution >= 0.6 is 0 Å². The highest BCUT2D eigenvalue weighted by molar-refractivity contribution is 5.16. The summed E-state index contributed by atoms with van der Waals surface area (Å²) in [5, 5.41) is 0. The molecule has 2 heteroatoms. The van der Waals surface area contributed by atoms with E-state index in [4.69, 9.17) is 0 Å². The first-order valence-electron chi connectivity index (χ1n) is 15.7. The van der Waals surface area contributed by atoms with Crippen LogP contribution in [0.1, 0.15) is 84.3 Å². The number of nitrogens with zero attached hydrogens (tertiary/aromatic N) is 2. The van der Waals surface area contributed by atoms with E-state index in [9.17, 15) is 0 Å². The monoisotopic (exact) mass is 526 g/mol. The van der Waals surface area contributed by atoms with E-state index in [0.717, 1.165) is 69.2 Å². The molecule has 0 amide bonds. The summed E-state index contributed by atoms with van der Waals surface area (Å²) < 4.78 is 0. The maximum atomic E-state index is 2.89. The molecular formula is C37H54N2. The van der Waals surface area contributed by atoms with Gasteiger partial charge in [0.05, 0.1) is 0 Å². The summed E-state index contributed by atoms with van der Waals surface area (Å²) in [5.74, 6) is 3.48. The third-order valence-corrected chi connectivity index (χ3v) is 9.24. The van der Waals surface area contributed by atoms with Gasteiger partial charge in [0.15, 0.2) is 0 Å². The van der Waals surface area contributed by atoms with E-state index in [1.165, 1.54) is 48.0 Å². The number of hydrogen-bond acceptors (Lipinski definition) is 2. The summed E-state index contributed by atoms with van der Waals surface area (Å²) in [7, 11) is 0. The van der Waals surface area contributed by atoms with Crippen molar-refractivity contribution in [2.45, 2.75) is 92.3 Å². The fraction of sp³-hybridized carbons (Fsp3) is 0.568. The Morgan fingerprint density at radius 3 is 2.10 bits per heavy atom. The van der Waals surface area contributed by atoms with Gasteiger partial charge in [-0.25, -0.2) is 0 Å². The highest BCUT2D eigenvalue weighted by atomic mass is 15.2. The van der Waals surface area contributed by atoms with Gasteiger partial charge in [-0.3, -0.25) is 9.80 Å². The van der Waals surface area contributed by atoms with Crippen LogP contribution in [0, 0.1) is 23.7 Å². The summed E-state index contributed by atoms with van der Waals surface area (Å²) >= 11 is 0. The van der Waals surface area contributed by atoms with Gasteiger partial charge < -0.3 is 0 Å². The number of benzene rings is 2. The molecule has 0 saturated heterocycles. The second-order valence-corrected chi connectivity index (χ2v) is 13.2. The predicted octanol–water partition coefficient (Wildman–Crippen LogP) is 9.14. The van der Waals surface area contributed by atoms with Gasteiger partial charge in [0, 0.05) is 38.8 Å². The van der Waals surface area contributed by atoms with Crippen LogP contribution in [-0.4, -0.2) is 35.5 Å². The molecule has 2 aliphatic rings. The van der Waals surface area contributed by atoms with Crippen LogP contribution in [0.2, 0.25) is 0 Å². The van der Waals surface area contributed by atoms with Gasteiger partial charge in [0.2, 0.25) is 0 Å². The third-order valence-electron chi connectivity index (χ3n) is 9.24. The quantitative estimate of drug-likeness (QED) is 0.240. The second kappa shape index (κ2) is 15.0. The smallest absolute Gasteiger partial charge is 0.0237 e. The summed E-state index contributed by atoms with van der Waals surface area (Å²) in [6.45, 7) is 17.1. The van der Waals surface area contributed by atoms with Crippen molar-refractivity contribution in [3.63, 3.8) is 0 Å². The molecule has 5 atom stereocenters. The molecule has 2 saturated carbocycles. The maximum Gasteiger partial charge on any atom is 0.0237 e. The van der Waals surface area contributed by atoms with Crippen molar-refractivity contribution in [3.8, 4) is 0 Å². The first kappa shape index (κ1) is 29.8. The van der Waals surface area contributed by atoms with Gasteiger partial charge in [0.25, 0.3) is 0 Å². The molecule has 2 fully saturated rings. The van der Waals surface area contributed by atoms with Gasteiger partial charge in [0.1, 0.15) is 0 Å². The highest BCUT2D eigenvalue weighted by Gasteiger charge is 2.42. The van der Waals surface area contributed by atoms with Crippen LogP contribution in [0.4, 0.5) is 0 Å².